The molecule has 1 aliphatic rings. The number of nitrogens with one attached hydrogen (secondary N) is 1. The highest BCUT2D eigenvalue weighted by Gasteiger charge is 2.31. The summed E-state index contributed by atoms with van der Waals surface area (Å²) in [4.78, 5) is 28.6. The Bertz CT molecular complexity index is 1200. The van der Waals surface area contributed by atoms with Crippen molar-refractivity contribution in [2.24, 2.45) is 0 Å². The summed E-state index contributed by atoms with van der Waals surface area (Å²) in [6.07, 6.45) is 1.05. The van der Waals surface area contributed by atoms with Crippen molar-refractivity contribution in [3.63, 3.8) is 0 Å². The Kier molecular flexibility index (Phi) is 8.73. The molecule has 1 N–H and O–H groups in total. The van der Waals surface area contributed by atoms with Gasteiger partial charge in [-0.25, -0.2) is 0 Å². The van der Waals surface area contributed by atoms with E-state index in [1.165, 1.54) is 0 Å². The van der Waals surface area contributed by atoms with Gasteiger partial charge in [-0.15, -0.1) is 0 Å². The number of rotatable bonds is 10. The molecule has 36 heavy (non-hydrogen) atoms. The molecule has 0 spiro atoms. The van der Waals surface area contributed by atoms with Crippen LogP contribution in [0.4, 0.5) is 0 Å². The van der Waals surface area contributed by atoms with Crippen LogP contribution in [0.15, 0.2) is 66.7 Å². The minimum absolute atomic E-state index is 0.118. The third-order valence-electron chi connectivity index (χ3n) is 6.08. The van der Waals surface area contributed by atoms with Crippen LogP contribution >= 0.6 is 23.2 Å². The van der Waals surface area contributed by atoms with E-state index in [0.717, 1.165) is 11.1 Å². The Hall–Kier alpha value is -3.22. The van der Waals surface area contributed by atoms with Gasteiger partial charge in [-0.2, -0.15) is 0 Å². The van der Waals surface area contributed by atoms with Crippen LogP contribution in [0.1, 0.15) is 30.0 Å². The summed E-state index contributed by atoms with van der Waals surface area (Å²) in [7, 11) is 0. The summed E-state index contributed by atoms with van der Waals surface area (Å²) in [5.41, 5.74) is 2.51. The zero-order valence-electron chi connectivity index (χ0n) is 20.0. The lowest BCUT2D eigenvalue weighted by Crippen LogP contribution is -2.50. The van der Waals surface area contributed by atoms with E-state index in [-0.39, 0.29) is 31.6 Å². The van der Waals surface area contributed by atoms with E-state index < -0.39 is 6.04 Å². The summed E-state index contributed by atoms with van der Waals surface area (Å²) in [6.45, 7) is 2.62. The van der Waals surface area contributed by atoms with Crippen LogP contribution in [-0.2, 0) is 29.0 Å². The molecule has 0 aliphatic carbocycles. The molecule has 8 heteroatoms. The van der Waals surface area contributed by atoms with E-state index in [4.69, 9.17) is 32.7 Å². The summed E-state index contributed by atoms with van der Waals surface area (Å²) < 4.78 is 10.8. The van der Waals surface area contributed by atoms with Gasteiger partial charge in [-0.1, -0.05) is 65.7 Å². The van der Waals surface area contributed by atoms with E-state index >= 15 is 0 Å². The number of carbonyl (C=O) groups is 2. The Morgan fingerprint density at radius 2 is 1.67 bits per heavy atom. The summed E-state index contributed by atoms with van der Waals surface area (Å²) in [6, 6.07) is 19.8. The number of amides is 2. The molecule has 0 radical (unpaired) electrons. The molecule has 0 fully saturated rings. The first-order valence-electron chi connectivity index (χ1n) is 11.9. The van der Waals surface area contributed by atoms with Crippen molar-refractivity contribution >= 4 is 35.0 Å². The molecular formula is C28H28Cl2N2O4. The maximum atomic E-state index is 13.7. The Morgan fingerprint density at radius 3 is 2.39 bits per heavy atom. The second-order valence-corrected chi connectivity index (χ2v) is 9.32. The Labute approximate surface area is 221 Å². The lowest BCUT2D eigenvalue weighted by atomic mass is 10.0. The van der Waals surface area contributed by atoms with Crippen LogP contribution in [-0.4, -0.2) is 36.1 Å². The van der Waals surface area contributed by atoms with Crippen molar-refractivity contribution in [2.45, 2.75) is 38.8 Å². The molecule has 3 aromatic carbocycles. The molecule has 188 valence electrons. The van der Waals surface area contributed by atoms with E-state index in [1.807, 2.05) is 55.5 Å². The number of benzene rings is 3. The van der Waals surface area contributed by atoms with Crippen LogP contribution in [0, 0.1) is 0 Å². The van der Waals surface area contributed by atoms with Crippen molar-refractivity contribution < 1.29 is 19.1 Å². The maximum absolute atomic E-state index is 13.7. The van der Waals surface area contributed by atoms with E-state index in [2.05, 4.69) is 5.32 Å². The molecule has 0 unspecified atom stereocenters. The van der Waals surface area contributed by atoms with Gasteiger partial charge in [0.2, 0.25) is 18.6 Å². The maximum Gasteiger partial charge on any atom is 0.243 e. The number of carbonyl (C=O) groups excluding carboxylic acids is 2. The van der Waals surface area contributed by atoms with Crippen molar-refractivity contribution in [3.8, 4) is 11.5 Å². The van der Waals surface area contributed by atoms with E-state index in [1.54, 1.807) is 23.1 Å². The first kappa shape index (κ1) is 25.9. The quantitative estimate of drug-likeness (QED) is 0.382. The fourth-order valence-corrected chi connectivity index (χ4v) is 4.71. The first-order valence-corrected chi connectivity index (χ1v) is 12.6. The highest BCUT2D eigenvalue weighted by atomic mass is 35.5. The molecule has 6 nitrogen and oxygen atoms in total. The largest absolute Gasteiger partial charge is 0.454 e. The fraction of sp³-hybridized carbons (Fsp3) is 0.286. The Balaban J connectivity index is 1.62. The van der Waals surface area contributed by atoms with Crippen molar-refractivity contribution in [1.29, 1.82) is 0 Å². The molecule has 1 atom stereocenters. The second kappa shape index (κ2) is 12.2. The van der Waals surface area contributed by atoms with Gasteiger partial charge in [0.15, 0.2) is 11.5 Å². The predicted molar refractivity (Wildman–Crippen MR) is 141 cm³/mol. The summed E-state index contributed by atoms with van der Waals surface area (Å²) in [5, 5.41) is 3.79. The number of likely N-dealkylation sites (N-methyl/N-ethyl adjacent to an activating group) is 1. The number of fused-ring (bicyclic) bond motifs is 1. The Morgan fingerprint density at radius 1 is 0.944 bits per heavy atom. The topological polar surface area (TPSA) is 67.9 Å². The molecule has 0 saturated heterocycles. The molecule has 1 heterocycles. The predicted octanol–water partition coefficient (Wildman–Crippen LogP) is 5.43. The van der Waals surface area contributed by atoms with Gasteiger partial charge >= 0.3 is 0 Å². The van der Waals surface area contributed by atoms with Gasteiger partial charge < -0.3 is 19.7 Å². The third kappa shape index (κ3) is 6.31. The smallest absolute Gasteiger partial charge is 0.243 e. The van der Waals surface area contributed by atoms with Crippen molar-refractivity contribution in [3.05, 3.63) is 93.5 Å². The number of ether oxygens (including phenoxy) is 2. The molecule has 2 amide bonds. The SMILES string of the molecule is CCNC(=O)[C@@H](Cc1ccccc1)N(Cc1c(Cl)cccc1Cl)C(=O)CCc1ccc2c(c1)OCO2. The van der Waals surface area contributed by atoms with Crippen LogP contribution in [0.3, 0.4) is 0 Å². The van der Waals surface area contributed by atoms with E-state index in [9.17, 15) is 9.59 Å². The summed E-state index contributed by atoms with van der Waals surface area (Å²) in [5.74, 6) is 0.972. The molecule has 1 aliphatic heterocycles. The average Bonchev–Trinajstić information content (AvgIpc) is 3.35. The lowest BCUT2D eigenvalue weighted by Gasteiger charge is -2.32. The van der Waals surface area contributed by atoms with E-state index in [0.29, 0.717) is 46.5 Å². The fourth-order valence-electron chi connectivity index (χ4n) is 4.19. The van der Waals surface area contributed by atoms with Gasteiger partial charge in [0.05, 0.1) is 0 Å². The molecular weight excluding hydrogens is 499 g/mol. The van der Waals surface area contributed by atoms with Crippen LogP contribution in [0.25, 0.3) is 0 Å². The standard InChI is InChI=1S/C28H28Cl2N2O4/c1-2-31-28(34)24(15-19-7-4-3-5-8-19)32(17-21-22(29)9-6-10-23(21)30)27(33)14-12-20-11-13-25-26(16-20)36-18-35-25/h3-11,13,16,24H,2,12,14-15,17-18H2,1H3,(H,31,34)/t24-/m1/s1. The van der Waals surface area contributed by atoms with Gasteiger partial charge in [0.25, 0.3) is 0 Å². The van der Waals surface area contributed by atoms with Crippen LogP contribution in [0.2, 0.25) is 10.0 Å². The number of nitrogens with zero attached hydrogens (tertiary/aromatic N) is 1. The molecule has 0 saturated carbocycles. The molecule has 3 aromatic rings. The molecule has 0 bridgehead atoms. The average molecular weight is 527 g/mol. The highest BCUT2D eigenvalue weighted by molar-refractivity contribution is 6.36. The first-order chi connectivity index (χ1) is 17.5. The van der Waals surface area contributed by atoms with Crippen molar-refractivity contribution in [1.82, 2.24) is 10.2 Å². The molecule has 4 rings (SSSR count). The van der Waals surface area contributed by atoms with Crippen LogP contribution in [0.5, 0.6) is 11.5 Å². The summed E-state index contributed by atoms with van der Waals surface area (Å²) >= 11 is 12.9. The normalized spacial score (nSPS) is 12.8. The van der Waals surface area contributed by atoms with Gasteiger partial charge in [-0.05, 0) is 48.7 Å². The van der Waals surface area contributed by atoms with Gasteiger partial charge in [0.1, 0.15) is 6.04 Å². The van der Waals surface area contributed by atoms with Gasteiger partial charge in [0, 0.05) is 41.5 Å². The van der Waals surface area contributed by atoms with Crippen LogP contribution < -0.4 is 14.8 Å². The zero-order valence-corrected chi connectivity index (χ0v) is 21.5. The number of halogens is 2. The van der Waals surface area contributed by atoms with Gasteiger partial charge in [-0.3, -0.25) is 9.59 Å². The number of aryl methyl sites for hydroxylation is 1. The minimum Gasteiger partial charge on any atom is -0.454 e. The number of hydrogen-bond acceptors (Lipinski definition) is 4. The lowest BCUT2D eigenvalue weighted by molar-refractivity contribution is -0.141. The molecule has 0 aromatic heterocycles. The van der Waals surface area contributed by atoms with Crippen molar-refractivity contribution in [2.75, 3.05) is 13.3 Å². The number of hydrogen-bond donors (Lipinski definition) is 1. The third-order valence-corrected chi connectivity index (χ3v) is 6.78. The zero-order chi connectivity index (χ0) is 25.5. The monoisotopic (exact) mass is 526 g/mol. The highest BCUT2D eigenvalue weighted by Crippen LogP contribution is 2.33. The second-order valence-electron chi connectivity index (χ2n) is 8.51. The minimum atomic E-state index is -0.732.